The molecule has 154 valence electrons. The van der Waals surface area contributed by atoms with Gasteiger partial charge >= 0.3 is 0 Å². The molecule has 0 aliphatic heterocycles. The van der Waals surface area contributed by atoms with Gasteiger partial charge in [-0.15, -0.1) is 0 Å². The summed E-state index contributed by atoms with van der Waals surface area (Å²) >= 11 is 0. The highest BCUT2D eigenvalue weighted by Crippen LogP contribution is 2.16. The maximum atomic E-state index is 12.4. The number of carbonyl (C=O) groups excluding carboxylic acids is 1. The van der Waals surface area contributed by atoms with E-state index in [2.05, 4.69) is 23.9 Å². The first-order valence-electron chi connectivity index (χ1n) is 9.65. The molecule has 0 fully saturated rings. The van der Waals surface area contributed by atoms with Crippen molar-refractivity contribution < 1.29 is 17.9 Å². The van der Waals surface area contributed by atoms with Crippen LogP contribution >= 0.6 is 0 Å². The van der Waals surface area contributed by atoms with Gasteiger partial charge in [0.2, 0.25) is 10.0 Å². The van der Waals surface area contributed by atoms with E-state index >= 15 is 0 Å². The third-order valence-corrected chi connectivity index (χ3v) is 5.81. The summed E-state index contributed by atoms with van der Waals surface area (Å²) in [5, 5.41) is 2.90. The van der Waals surface area contributed by atoms with Gasteiger partial charge in [-0.1, -0.05) is 45.6 Å². The van der Waals surface area contributed by atoms with E-state index in [1.807, 2.05) is 0 Å². The highest BCUT2D eigenvalue weighted by atomic mass is 32.2. The molecular formula is C20H34N2O4S. The predicted octanol–water partition coefficient (Wildman–Crippen LogP) is 3.26. The lowest BCUT2D eigenvalue weighted by Gasteiger charge is -2.11. The van der Waals surface area contributed by atoms with E-state index in [-0.39, 0.29) is 24.0 Å². The Morgan fingerprint density at radius 1 is 1.11 bits per heavy atom. The van der Waals surface area contributed by atoms with Crippen molar-refractivity contribution in [3.63, 3.8) is 0 Å². The molecule has 0 aromatic heterocycles. The third kappa shape index (κ3) is 8.86. The lowest BCUT2D eigenvalue weighted by Crippen LogP contribution is -2.28. The number of unbranched alkanes of at least 4 members (excludes halogenated alkanes) is 3. The number of methoxy groups -OCH3 is 1. The second-order valence-corrected chi connectivity index (χ2v) is 8.99. The fraction of sp³-hybridized carbons (Fsp3) is 0.650. The second kappa shape index (κ2) is 12.1. The number of aryl methyl sites for hydroxylation is 1. The number of hydrogen-bond donors (Lipinski definition) is 2. The van der Waals surface area contributed by atoms with Gasteiger partial charge in [-0.25, -0.2) is 13.1 Å². The van der Waals surface area contributed by atoms with Crippen LogP contribution in [0.5, 0.6) is 0 Å². The second-order valence-electron chi connectivity index (χ2n) is 7.22. The molecule has 2 N–H and O–H groups in total. The SMILES string of the molecule is COCCNS(=O)(=O)c1ccc(C)c(C(=O)NCCCCCCC(C)C)c1. The van der Waals surface area contributed by atoms with E-state index in [9.17, 15) is 13.2 Å². The average Bonchev–Trinajstić information content (AvgIpc) is 2.60. The molecule has 1 aromatic rings. The number of benzene rings is 1. The Balaban J connectivity index is 2.57. The standard InChI is InChI=1S/C20H34N2O4S/c1-16(2)9-7-5-6-8-12-21-20(23)19-15-18(11-10-17(19)3)27(24,25)22-13-14-26-4/h10-11,15-16,22H,5-9,12-14H2,1-4H3,(H,21,23). The van der Waals surface area contributed by atoms with Crippen LogP contribution in [0.3, 0.4) is 0 Å². The summed E-state index contributed by atoms with van der Waals surface area (Å²) in [6.07, 6.45) is 5.66. The zero-order valence-electron chi connectivity index (χ0n) is 17.0. The molecule has 0 aliphatic carbocycles. The molecule has 0 bridgehead atoms. The van der Waals surface area contributed by atoms with Crippen molar-refractivity contribution in [2.75, 3.05) is 26.8 Å². The molecule has 0 unspecified atom stereocenters. The fourth-order valence-corrected chi connectivity index (χ4v) is 3.74. The largest absolute Gasteiger partial charge is 0.383 e. The molecule has 1 amide bonds. The maximum Gasteiger partial charge on any atom is 0.251 e. The van der Waals surface area contributed by atoms with Crippen molar-refractivity contribution in [1.29, 1.82) is 0 Å². The zero-order valence-corrected chi connectivity index (χ0v) is 17.8. The lowest BCUT2D eigenvalue weighted by molar-refractivity contribution is 0.0952. The summed E-state index contributed by atoms with van der Waals surface area (Å²) in [7, 11) is -2.15. The molecule has 0 aliphatic rings. The topological polar surface area (TPSA) is 84.5 Å². The number of sulfonamides is 1. The van der Waals surface area contributed by atoms with Crippen LogP contribution in [0, 0.1) is 12.8 Å². The first-order chi connectivity index (χ1) is 12.8. The van der Waals surface area contributed by atoms with Crippen LogP contribution in [0.4, 0.5) is 0 Å². The van der Waals surface area contributed by atoms with Crippen LogP contribution < -0.4 is 10.0 Å². The Bertz CT molecular complexity index is 687. The normalized spacial score (nSPS) is 11.7. The van der Waals surface area contributed by atoms with Gasteiger partial charge < -0.3 is 10.1 Å². The first-order valence-corrected chi connectivity index (χ1v) is 11.1. The van der Waals surface area contributed by atoms with Gasteiger partial charge in [-0.3, -0.25) is 4.79 Å². The van der Waals surface area contributed by atoms with E-state index in [0.717, 1.165) is 24.3 Å². The van der Waals surface area contributed by atoms with E-state index < -0.39 is 10.0 Å². The van der Waals surface area contributed by atoms with Crippen molar-refractivity contribution in [3.8, 4) is 0 Å². The average molecular weight is 399 g/mol. The number of nitrogens with one attached hydrogen (secondary N) is 2. The number of carbonyl (C=O) groups is 1. The minimum absolute atomic E-state index is 0.0861. The van der Waals surface area contributed by atoms with Crippen LogP contribution in [0.1, 0.15) is 61.9 Å². The lowest BCUT2D eigenvalue weighted by atomic mass is 10.0. The van der Waals surface area contributed by atoms with Crippen molar-refractivity contribution in [3.05, 3.63) is 29.3 Å². The van der Waals surface area contributed by atoms with Crippen molar-refractivity contribution >= 4 is 15.9 Å². The van der Waals surface area contributed by atoms with Crippen LogP contribution in [-0.2, 0) is 14.8 Å². The molecule has 6 nitrogen and oxygen atoms in total. The highest BCUT2D eigenvalue weighted by Gasteiger charge is 2.17. The molecule has 1 aromatic carbocycles. The van der Waals surface area contributed by atoms with Crippen molar-refractivity contribution in [1.82, 2.24) is 10.0 Å². The molecule has 0 atom stereocenters. The Morgan fingerprint density at radius 3 is 2.48 bits per heavy atom. The van der Waals surface area contributed by atoms with E-state index in [4.69, 9.17) is 4.74 Å². The van der Waals surface area contributed by atoms with E-state index in [1.54, 1.807) is 13.0 Å². The molecule has 0 saturated carbocycles. The van der Waals surface area contributed by atoms with Gasteiger partial charge in [0, 0.05) is 25.8 Å². The van der Waals surface area contributed by atoms with Crippen molar-refractivity contribution in [2.45, 2.75) is 57.8 Å². The van der Waals surface area contributed by atoms with Gasteiger partial charge in [0.15, 0.2) is 0 Å². The summed E-state index contributed by atoms with van der Waals surface area (Å²) < 4.78 is 31.9. The monoisotopic (exact) mass is 398 g/mol. The zero-order chi connectivity index (χ0) is 20.3. The Hall–Kier alpha value is -1.44. The summed E-state index contributed by atoms with van der Waals surface area (Å²) in [6.45, 7) is 7.33. The van der Waals surface area contributed by atoms with Crippen LogP contribution in [0.2, 0.25) is 0 Å². The molecule has 0 radical (unpaired) electrons. The number of ether oxygens (including phenoxy) is 1. The molecule has 0 spiro atoms. The Labute approximate surface area is 164 Å². The summed E-state index contributed by atoms with van der Waals surface area (Å²) in [4.78, 5) is 12.5. The fourth-order valence-electron chi connectivity index (χ4n) is 2.70. The molecule has 7 heteroatoms. The molecular weight excluding hydrogens is 364 g/mol. The van der Waals surface area contributed by atoms with Gasteiger partial charge in [0.1, 0.15) is 0 Å². The predicted molar refractivity (Wildman–Crippen MR) is 108 cm³/mol. The van der Waals surface area contributed by atoms with Crippen molar-refractivity contribution in [2.24, 2.45) is 5.92 Å². The summed E-state index contributed by atoms with van der Waals surface area (Å²) in [5.41, 5.74) is 1.14. The Morgan fingerprint density at radius 2 is 1.81 bits per heavy atom. The summed E-state index contributed by atoms with van der Waals surface area (Å²) in [6, 6.07) is 4.60. The quantitative estimate of drug-likeness (QED) is 0.500. The Kier molecular flexibility index (Phi) is 10.6. The number of amides is 1. The highest BCUT2D eigenvalue weighted by molar-refractivity contribution is 7.89. The van der Waals surface area contributed by atoms with E-state index in [1.165, 1.54) is 38.5 Å². The number of rotatable bonds is 13. The smallest absolute Gasteiger partial charge is 0.251 e. The van der Waals surface area contributed by atoms with E-state index in [0.29, 0.717) is 12.1 Å². The molecule has 0 heterocycles. The minimum Gasteiger partial charge on any atom is -0.383 e. The third-order valence-electron chi connectivity index (χ3n) is 4.36. The molecule has 0 saturated heterocycles. The van der Waals surface area contributed by atoms with Crippen LogP contribution in [-0.4, -0.2) is 41.1 Å². The van der Waals surface area contributed by atoms with Gasteiger partial charge in [0.05, 0.1) is 11.5 Å². The first kappa shape index (κ1) is 23.6. The summed E-state index contributed by atoms with van der Waals surface area (Å²) in [5.74, 6) is 0.504. The van der Waals surface area contributed by atoms with Gasteiger partial charge in [-0.2, -0.15) is 0 Å². The van der Waals surface area contributed by atoms with Crippen LogP contribution in [0.15, 0.2) is 23.1 Å². The van der Waals surface area contributed by atoms with Crippen LogP contribution in [0.25, 0.3) is 0 Å². The molecule has 1 rings (SSSR count). The van der Waals surface area contributed by atoms with Gasteiger partial charge in [0.25, 0.3) is 5.91 Å². The van der Waals surface area contributed by atoms with Gasteiger partial charge in [-0.05, 0) is 37.0 Å². The number of hydrogen-bond acceptors (Lipinski definition) is 4. The minimum atomic E-state index is -3.66. The maximum absolute atomic E-state index is 12.4. The molecule has 27 heavy (non-hydrogen) atoms.